The molecule has 0 saturated carbocycles. The van der Waals surface area contributed by atoms with Crippen molar-refractivity contribution in [2.75, 3.05) is 12.4 Å². The second-order valence-electron chi connectivity index (χ2n) is 2.73. The molecular formula is C10H11NO3. The molecule has 0 unspecified atom stereocenters. The normalized spacial score (nSPS) is 9.29. The van der Waals surface area contributed by atoms with Gasteiger partial charge >= 0.3 is 0 Å². The van der Waals surface area contributed by atoms with E-state index in [9.17, 15) is 9.59 Å². The first kappa shape index (κ1) is 10.2. The first-order valence-corrected chi connectivity index (χ1v) is 4.08. The Bertz CT molecular complexity index is 360. The van der Waals surface area contributed by atoms with Crippen LogP contribution in [0, 0.1) is 0 Å². The summed E-state index contributed by atoms with van der Waals surface area (Å²) in [6.07, 6.45) is 0.529. The Morgan fingerprint density at radius 2 is 2.21 bits per heavy atom. The van der Waals surface area contributed by atoms with E-state index in [1.54, 1.807) is 18.2 Å². The number of nitrogens with one attached hydrogen (secondary N) is 1. The number of amides is 1. The van der Waals surface area contributed by atoms with Gasteiger partial charge in [-0.3, -0.25) is 9.59 Å². The van der Waals surface area contributed by atoms with Crippen molar-refractivity contribution in [1.82, 2.24) is 0 Å². The minimum Gasteiger partial charge on any atom is -0.497 e. The molecule has 0 saturated heterocycles. The van der Waals surface area contributed by atoms with Crippen LogP contribution in [0.15, 0.2) is 18.2 Å². The summed E-state index contributed by atoms with van der Waals surface area (Å²) in [5.41, 5.74) is 0.935. The highest BCUT2D eigenvalue weighted by Crippen LogP contribution is 2.22. The number of ketones is 1. The minimum absolute atomic E-state index is 0.1000. The van der Waals surface area contributed by atoms with E-state index in [4.69, 9.17) is 4.74 Å². The fourth-order valence-electron chi connectivity index (χ4n) is 1.14. The third kappa shape index (κ3) is 2.10. The van der Waals surface area contributed by atoms with Gasteiger partial charge in [-0.05, 0) is 19.1 Å². The molecule has 0 radical (unpaired) electrons. The maximum atomic E-state index is 11.1. The van der Waals surface area contributed by atoms with Gasteiger partial charge < -0.3 is 10.1 Å². The highest BCUT2D eigenvalue weighted by atomic mass is 16.5. The van der Waals surface area contributed by atoms with Crippen LogP contribution in [0.3, 0.4) is 0 Å². The van der Waals surface area contributed by atoms with Crippen LogP contribution >= 0.6 is 0 Å². The number of carbonyl (C=O) groups excluding carboxylic acids is 2. The van der Waals surface area contributed by atoms with Gasteiger partial charge in [-0.1, -0.05) is 0 Å². The average molecular weight is 193 g/mol. The van der Waals surface area contributed by atoms with E-state index in [-0.39, 0.29) is 5.78 Å². The second-order valence-corrected chi connectivity index (χ2v) is 2.73. The fourth-order valence-corrected chi connectivity index (χ4v) is 1.14. The molecule has 4 heteroatoms. The van der Waals surface area contributed by atoms with Crippen molar-refractivity contribution < 1.29 is 14.3 Å². The molecule has 1 rings (SSSR count). The third-order valence-corrected chi connectivity index (χ3v) is 1.82. The zero-order chi connectivity index (χ0) is 10.6. The van der Waals surface area contributed by atoms with Crippen molar-refractivity contribution in [3.63, 3.8) is 0 Å². The van der Waals surface area contributed by atoms with Gasteiger partial charge in [0, 0.05) is 11.6 Å². The fraction of sp³-hybridized carbons (Fsp3) is 0.200. The number of ether oxygens (including phenoxy) is 1. The van der Waals surface area contributed by atoms with Gasteiger partial charge in [0.05, 0.1) is 12.8 Å². The third-order valence-electron chi connectivity index (χ3n) is 1.82. The number of Topliss-reactive ketones (excluding diaryl/α,β-unsaturated/α-hetero) is 1. The summed E-state index contributed by atoms with van der Waals surface area (Å²) < 4.78 is 4.97. The molecule has 1 aromatic rings. The Labute approximate surface area is 81.9 Å². The van der Waals surface area contributed by atoms with Crippen LogP contribution in [0.5, 0.6) is 5.75 Å². The van der Waals surface area contributed by atoms with E-state index in [1.807, 2.05) is 0 Å². The zero-order valence-corrected chi connectivity index (χ0v) is 8.03. The van der Waals surface area contributed by atoms with Crippen LogP contribution in [0.4, 0.5) is 5.69 Å². The number of anilines is 1. The molecule has 0 spiro atoms. The molecule has 0 fully saturated rings. The Balaban J connectivity index is 3.16. The molecule has 0 heterocycles. The van der Waals surface area contributed by atoms with Crippen molar-refractivity contribution in [3.05, 3.63) is 23.8 Å². The highest BCUT2D eigenvalue weighted by molar-refractivity contribution is 6.01. The summed E-state index contributed by atoms with van der Waals surface area (Å²) in [5, 5.41) is 2.45. The minimum atomic E-state index is -0.1000. The smallest absolute Gasteiger partial charge is 0.211 e. The second kappa shape index (κ2) is 4.41. The Morgan fingerprint density at radius 1 is 1.50 bits per heavy atom. The van der Waals surface area contributed by atoms with E-state index >= 15 is 0 Å². The molecule has 0 bridgehead atoms. The summed E-state index contributed by atoms with van der Waals surface area (Å²) in [5.74, 6) is 0.497. The molecule has 1 amide bonds. The Morgan fingerprint density at radius 3 is 2.71 bits per heavy atom. The summed E-state index contributed by atoms with van der Waals surface area (Å²) >= 11 is 0. The number of hydrogen-bond donors (Lipinski definition) is 1. The lowest BCUT2D eigenvalue weighted by atomic mass is 10.1. The van der Waals surface area contributed by atoms with Crippen molar-refractivity contribution in [2.45, 2.75) is 6.92 Å². The number of hydrogen-bond acceptors (Lipinski definition) is 3. The number of carbonyl (C=O) groups is 2. The largest absolute Gasteiger partial charge is 0.497 e. The van der Waals surface area contributed by atoms with E-state index in [0.717, 1.165) is 0 Å². The first-order chi connectivity index (χ1) is 6.69. The van der Waals surface area contributed by atoms with Crippen molar-refractivity contribution in [3.8, 4) is 5.75 Å². The van der Waals surface area contributed by atoms with Crippen LogP contribution in [0.25, 0.3) is 0 Å². The van der Waals surface area contributed by atoms with Crippen LogP contribution in [-0.2, 0) is 4.79 Å². The van der Waals surface area contributed by atoms with Crippen LogP contribution < -0.4 is 10.1 Å². The quantitative estimate of drug-likeness (QED) is 0.581. The molecule has 0 aromatic heterocycles. The topological polar surface area (TPSA) is 55.4 Å². The summed E-state index contributed by atoms with van der Waals surface area (Å²) in [4.78, 5) is 21.4. The van der Waals surface area contributed by atoms with E-state index in [2.05, 4.69) is 5.32 Å². The van der Waals surface area contributed by atoms with Gasteiger partial charge in [-0.25, -0.2) is 0 Å². The summed E-state index contributed by atoms with van der Waals surface area (Å²) in [6.45, 7) is 1.44. The van der Waals surface area contributed by atoms with Crippen molar-refractivity contribution in [1.29, 1.82) is 0 Å². The van der Waals surface area contributed by atoms with Gasteiger partial charge in [0.2, 0.25) is 6.41 Å². The van der Waals surface area contributed by atoms with Gasteiger partial charge in [0.25, 0.3) is 0 Å². The summed E-state index contributed by atoms with van der Waals surface area (Å²) in [6, 6.07) is 4.89. The number of benzene rings is 1. The predicted octanol–water partition coefficient (Wildman–Crippen LogP) is 1.47. The Kier molecular flexibility index (Phi) is 3.23. The lowest BCUT2D eigenvalue weighted by Gasteiger charge is -2.07. The molecule has 74 valence electrons. The predicted molar refractivity (Wildman–Crippen MR) is 52.7 cm³/mol. The molecule has 14 heavy (non-hydrogen) atoms. The molecule has 0 aliphatic carbocycles. The maximum Gasteiger partial charge on any atom is 0.211 e. The van der Waals surface area contributed by atoms with Crippen LogP contribution in [0.2, 0.25) is 0 Å². The lowest BCUT2D eigenvalue weighted by molar-refractivity contribution is -0.105. The molecule has 0 aliphatic rings. The van der Waals surface area contributed by atoms with Gasteiger partial charge in [-0.15, -0.1) is 0 Å². The molecule has 1 aromatic carbocycles. The molecule has 1 N–H and O–H groups in total. The highest BCUT2D eigenvalue weighted by Gasteiger charge is 2.07. The number of methoxy groups -OCH3 is 1. The van der Waals surface area contributed by atoms with Crippen LogP contribution in [0.1, 0.15) is 17.3 Å². The standard InChI is InChI=1S/C10H11NO3/c1-7(13)9-4-3-8(14-2)5-10(9)11-6-12/h3-6H,1-2H3,(H,11,12). The van der Waals surface area contributed by atoms with E-state index < -0.39 is 0 Å². The summed E-state index contributed by atoms with van der Waals surface area (Å²) in [7, 11) is 1.52. The molecule has 4 nitrogen and oxygen atoms in total. The molecule has 0 atom stereocenters. The van der Waals surface area contributed by atoms with Gasteiger partial charge in [0.15, 0.2) is 5.78 Å². The van der Waals surface area contributed by atoms with Crippen LogP contribution in [-0.4, -0.2) is 19.3 Å². The zero-order valence-electron chi connectivity index (χ0n) is 8.03. The van der Waals surface area contributed by atoms with Gasteiger partial charge in [0.1, 0.15) is 5.75 Å². The molecular weight excluding hydrogens is 182 g/mol. The van der Waals surface area contributed by atoms with Gasteiger partial charge in [-0.2, -0.15) is 0 Å². The van der Waals surface area contributed by atoms with E-state index in [1.165, 1.54) is 14.0 Å². The SMILES string of the molecule is COc1ccc(C(C)=O)c(NC=O)c1. The Hall–Kier alpha value is -1.84. The van der Waals surface area contributed by atoms with E-state index in [0.29, 0.717) is 23.4 Å². The lowest BCUT2D eigenvalue weighted by Crippen LogP contribution is -2.02. The number of rotatable bonds is 4. The monoisotopic (exact) mass is 193 g/mol. The van der Waals surface area contributed by atoms with Crippen molar-refractivity contribution in [2.24, 2.45) is 0 Å². The maximum absolute atomic E-state index is 11.1. The first-order valence-electron chi connectivity index (χ1n) is 4.08. The average Bonchev–Trinajstić information content (AvgIpc) is 2.17. The molecule has 0 aliphatic heterocycles. The van der Waals surface area contributed by atoms with Crippen molar-refractivity contribution >= 4 is 17.9 Å².